The summed E-state index contributed by atoms with van der Waals surface area (Å²) in [4.78, 5) is 8.61. The molecule has 26 heavy (non-hydrogen) atoms. The van der Waals surface area contributed by atoms with Crippen molar-refractivity contribution in [3.05, 3.63) is 71.0 Å². The van der Waals surface area contributed by atoms with Gasteiger partial charge < -0.3 is 5.32 Å². The van der Waals surface area contributed by atoms with Crippen LogP contribution in [0.15, 0.2) is 54.9 Å². The van der Waals surface area contributed by atoms with E-state index in [0.717, 1.165) is 44.0 Å². The summed E-state index contributed by atoms with van der Waals surface area (Å²) in [6.07, 6.45) is 3.42. The molecule has 0 aliphatic carbocycles. The first-order valence-corrected chi connectivity index (χ1v) is 8.57. The predicted molar refractivity (Wildman–Crippen MR) is 105 cm³/mol. The normalized spacial score (nSPS) is 10.9. The van der Waals surface area contributed by atoms with E-state index in [-0.39, 0.29) is 0 Å². The van der Waals surface area contributed by atoms with Crippen molar-refractivity contribution in [2.75, 3.05) is 5.32 Å². The van der Waals surface area contributed by atoms with Crippen LogP contribution >= 0.6 is 11.6 Å². The molecular formula is C20H16ClN5. The van der Waals surface area contributed by atoms with Gasteiger partial charge in [-0.25, -0.2) is 4.98 Å². The van der Waals surface area contributed by atoms with Crippen LogP contribution < -0.4 is 5.32 Å². The van der Waals surface area contributed by atoms with Gasteiger partial charge in [0.15, 0.2) is 0 Å². The average Bonchev–Trinajstić information content (AvgIpc) is 2.63. The number of aryl methyl sites for hydroxylation is 2. The molecular weight excluding hydrogens is 346 g/mol. The maximum Gasteiger partial charge on any atom is 0.247 e. The molecule has 0 radical (unpaired) electrons. The zero-order valence-corrected chi connectivity index (χ0v) is 15.1. The molecule has 0 aliphatic rings. The molecule has 5 nitrogen and oxygen atoms in total. The van der Waals surface area contributed by atoms with Gasteiger partial charge >= 0.3 is 0 Å². The Morgan fingerprint density at radius 3 is 2.50 bits per heavy atom. The van der Waals surface area contributed by atoms with Crippen molar-refractivity contribution in [1.82, 2.24) is 20.2 Å². The number of anilines is 2. The molecule has 0 fully saturated rings. The molecule has 0 saturated carbocycles. The highest BCUT2D eigenvalue weighted by molar-refractivity contribution is 6.33. The number of aromatic nitrogens is 4. The lowest BCUT2D eigenvalue weighted by molar-refractivity contribution is 1.03. The van der Waals surface area contributed by atoms with Crippen LogP contribution in [0.2, 0.25) is 5.02 Å². The third-order valence-corrected chi connectivity index (χ3v) is 4.51. The van der Waals surface area contributed by atoms with Crippen molar-refractivity contribution in [3.63, 3.8) is 0 Å². The van der Waals surface area contributed by atoms with E-state index in [1.54, 1.807) is 12.4 Å². The van der Waals surface area contributed by atoms with Crippen molar-refractivity contribution in [3.8, 4) is 11.1 Å². The summed E-state index contributed by atoms with van der Waals surface area (Å²) in [5.41, 5.74) is 6.58. The lowest BCUT2D eigenvalue weighted by Gasteiger charge is -2.11. The van der Waals surface area contributed by atoms with Crippen LogP contribution in [0, 0.1) is 13.8 Å². The summed E-state index contributed by atoms with van der Waals surface area (Å²) in [6, 6.07) is 13.7. The molecule has 2 aromatic carbocycles. The fourth-order valence-electron chi connectivity index (χ4n) is 2.97. The highest BCUT2D eigenvalue weighted by Gasteiger charge is 2.12. The first-order valence-electron chi connectivity index (χ1n) is 8.19. The SMILES string of the molecule is Cc1cccc(Cl)c1-c1cc(C)c2nc(Nc3ccncc3)nnc2c1. The topological polar surface area (TPSA) is 63.6 Å². The van der Waals surface area contributed by atoms with Crippen molar-refractivity contribution >= 4 is 34.3 Å². The number of hydrogen-bond donors (Lipinski definition) is 1. The average molecular weight is 362 g/mol. The van der Waals surface area contributed by atoms with Crippen LogP contribution in [0.1, 0.15) is 11.1 Å². The van der Waals surface area contributed by atoms with E-state index >= 15 is 0 Å². The molecule has 0 bridgehead atoms. The Hall–Kier alpha value is -3.05. The molecule has 0 aliphatic heterocycles. The van der Waals surface area contributed by atoms with Crippen LogP contribution in [0.4, 0.5) is 11.6 Å². The molecule has 0 atom stereocenters. The van der Waals surface area contributed by atoms with E-state index in [9.17, 15) is 0 Å². The summed E-state index contributed by atoms with van der Waals surface area (Å²) in [7, 11) is 0. The Balaban J connectivity index is 1.78. The second-order valence-electron chi connectivity index (χ2n) is 6.09. The summed E-state index contributed by atoms with van der Waals surface area (Å²) < 4.78 is 0. The van der Waals surface area contributed by atoms with E-state index in [4.69, 9.17) is 11.6 Å². The molecule has 4 aromatic rings. The number of rotatable bonds is 3. The third kappa shape index (κ3) is 3.09. The molecule has 1 N–H and O–H groups in total. The summed E-state index contributed by atoms with van der Waals surface area (Å²) in [5, 5.41) is 12.4. The molecule has 2 aromatic heterocycles. The van der Waals surface area contributed by atoms with Crippen molar-refractivity contribution in [2.45, 2.75) is 13.8 Å². The quantitative estimate of drug-likeness (QED) is 0.550. The summed E-state index contributed by atoms with van der Waals surface area (Å²) >= 11 is 6.42. The van der Waals surface area contributed by atoms with E-state index in [2.05, 4.69) is 31.5 Å². The van der Waals surface area contributed by atoms with Crippen LogP contribution in [-0.4, -0.2) is 20.2 Å². The number of fused-ring (bicyclic) bond motifs is 1. The zero-order chi connectivity index (χ0) is 18.1. The van der Waals surface area contributed by atoms with Gasteiger partial charge in [-0.2, -0.15) is 0 Å². The smallest absolute Gasteiger partial charge is 0.247 e. The zero-order valence-electron chi connectivity index (χ0n) is 14.4. The lowest BCUT2D eigenvalue weighted by Crippen LogP contribution is -2.01. The predicted octanol–water partition coefficient (Wildman–Crippen LogP) is 5.10. The summed E-state index contributed by atoms with van der Waals surface area (Å²) in [6.45, 7) is 4.06. The molecule has 6 heteroatoms. The fourth-order valence-corrected chi connectivity index (χ4v) is 3.30. The van der Waals surface area contributed by atoms with Crippen LogP contribution in [0.5, 0.6) is 0 Å². The Morgan fingerprint density at radius 1 is 0.923 bits per heavy atom. The first kappa shape index (κ1) is 16.4. The number of hydrogen-bond acceptors (Lipinski definition) is 5. The number of benzene rings is 2. The molecule has 0 amide bonds. The van der Waals surface area contributed by atoms with Crippen molar-refractivity contribution in [2.24, 2.45) is 0 Å². The molecule has 0 spiro atoms. The Kier molecular flexibility index (Phi) is 4.22. The van der Waals surface area contributed by atoms with Gasteiger partial charge in [0.05, 0.1) is 5.52 Å². The van der Waals surface area contributed by atoms with Crippen molar-refractivity contribution in [1.29, 1.82) is 0 Å². The van der Waals surface area contributed by atoms with E-state index in [0.29, 0.717) is 5.95 Å². The van der Waals surface area contributed by atoms with Crippen molar-refractivity contribution < 1.29 is 0 Å². The molecule has 2 heterocycles. The van der Waals surface area contributed by atoms with Gasteiger partial charge in [0, 0.05) is 28.7 Å². The maximum absolute atomic E-state index is 6.42. The second kappa shape index (κ2) is 6.69. The van der Waals surface area contributed by atoms with Gasteiger partial charge in [0.25, 0.3) is 0 Å². The largest absolute Gasteiger partial charge is 0.323 e. The lowest BCUT2D eigenvalue weighted by atomic mass is 9.98. The second-order valence-corrected chi connectivity index (χ2v) is 6.50. The van der Waals surface area contributed by atoms with Gasteiger partial charge in [-0.3, -0.25) is 4.98 Å². The molecule has 0 saturated heterocycles. The van der Waals surface area contributed by atoms with Gasteiger partial charge in [-0.05, 0) is 60.9 Å². The van der Waals surface area contributed by atoms with Crippen LogP contribution in [0.3, 0.4) is 0 Å². The molecule has 4 rings (SSSR count). The maximum atomic E-state index is 6.42. The number of nitrogens with one attached hydrogen (secondary N) is 1. The fraction of sp³-hybridized carbons (Fsp3) is 0.100. The molecule has 128 valence electrons. The minimum Gasteiger partial charge on any atom is -0.323 e. The van der Waals surface area contributed by atoms with E-state index in [1.807, 2.05) is 50.2 Å². The standard InChI is InChI=1S/C20H16ClN5/c1-12-4-3-5-16(21)18(12)14-10-13(2)19-17(11-14)25-26-20(24-19)23-15-6-8-22-9-7-15/h3-11H,1-2H3,(H,22,23,24,26). The van der Waals surface area contributed by atoms with Gasteiger partial charge in [-0.1, -0.05) is 23.7 Å². The first-order chi connectivity index (χ1) is 12.6. The minimum atomic E-state index is 0.452. The van der Waals surface area contributed by atoms with Gasteiger partial charge in [0.2, 0.25) is 5.95 Å². The third-order valence-electron chi connectivity index (χ3n) is 4.20. The van der Waals surface area contributed by atoms with Crippen LogP contribution in [0.25, 0.3) is 22.2 Å². The number of halogens is 1. The van der Waals surface area contributed by atoms with E-state index < -0.39 is 0 Å². The summed E-state index contributed by atoms with van der Waals surface area (Å²) in [5.74, 6) is 0.452. The molecule has 0 unspecified atom stereocenters. The van der Waals surface area contributed by atoms with Gasteiger partial charge in [-0.15, -0.1) is 10.2 Å². The van der Waals surface area contributed by atoms with E-state index in [1.165, 1.54) is 0 Å². The number of nitrogens with zero attached hydrogens (tertiary/aromatic N) is 4. The monoisotopic (exact) mass is 361 g/mol. The number of pyridine rings is 1. The highest BCUT2D eigenvalue weighted by atomic mass is 35.5. The Morgan fingerprint density at radius 2 is 1.73 bits per heavy atom. The van der Waals surface area contributed by atoms with Gasteiger partial charge in [0.1, 0.15) is 5.52 Å². The Labute approximate surface area is 156 Å². The minimum absolute atomic E-state index is 0.452. The highest BCUT2D eigenvalue weighted by Crippen LogP contribution is 2.33. The van der Waals surface area contributed by atoms with Crippen LogP contribution in [-0.2, 0) is 0 Å². The Bertz CT molecular complexity index is 1080.